The summed E-state index contributed by atoms with van der Waals surface area (Å²) in [4.78, 5) is 45.4. The molecule has 4 aromatic rings. The van der Waals surface area contributed by atoms with Crippen molar-refractivity contribution in [3.8, 4) is 5.75 Å². The molecule has 274 valence electrons. The maximum atomic E-state index is 13.5. The van der Waals surface area contributed by atoms with Crippen molar-refractivity contribution in [2.45, 2.75) is 82.8 Å². The number of hydrogen-bond acceptors (Lipinski definition) is 7. The van der Waals surface area contributed by atoms with E-state index in [0.29, 0.717) is 29.0 Å². The highest BCUT2D eigenvalue weighted by Crippen LogP contribution is 2.42. The number of sulfonamides is 1. The lowest BCUT2D eigenvalue weighted by Gasteiger charge is -2.35. The fourth-order valence-corrected chi connectivity index (χ4v) is 8.16. The summed E-state index contributed by atoms with van der Waals surface area (Å²) in [5, 5.41) is 12.2. The summed E-state index contributed by atoms with van der Waals surface area (Å²) in [5.74, 6) is -2.07. The molecular weight excluding hydrogens is 683 g/mol. The zero-order valence-corrected chi connectivity index (χ0v) is 30.8. The van der Waals surface area contributed by atoms with Crippen molar-refractivity contribution in [1.29, 1.82) is 0 Å². The molecule has 1 aromatic heterocycles. The standard InChI is InChI=1S/C39H45N5O7S/c1-23-24(2)34(25(3)28-20-21-39(4,5)51-33(23)28)52(49,50)44-38(40)41-22-12-17-31(37(47)48)43-36(46)29-18-19-30(42-35(29)45)32(26-13-8-6-9-14-26)27-15-10-7-11-16-27/h6-11,13-16,18-19,31-32H,12,17,20-22H2,1-5H3,(H,42,45)(H,43,46)(H,47,48)(H3,40,41,44)/t31-/m0/s1. The minimum atomic E-state index is -4.11. The van der Waals surface area contributed by atoms with Crippen molar-refractivity contribution in [3.05, 3.63) is 128 Å². The molecule has 0 saturated heterocycles. The van der Waals surface area contributed by atoms with E-state index in [1.807, 2.05) is 81.4 Å². The summed E-state index contributed by atoms with van der Waals surface area (Å²) in [6.45, 7) is 9.30. The Morgan fingerprint density at radius 3 is 2.15 bits per heavy atom. The third-order valence-corrected chi connectivity index (χ3v) is 11.1. The fraction of sp³-hybridized carbons (Fsp3) is 0.333. The van der Waals surface area contributed by atoms with Gasteiger partial charge in [-0.3, -0.25) is 14.6 Å². The number of nitrogens with zero attached hydrogens (tertiary/aromatic N) is 1. The normalized spacial score (nSPS) is 14.6. The number of aromatic amines is 1. The molecule has 0 fully saturated rings. The molecule has 6 N–H and O–H groups in total. The number of nitrogens with two attached hydrogens (primary N) is 1. The highest BCUT2D eigenvalue weighted by molar-refractivity contribution is 7.90. The summed E-state index contributed by atoms with van der Waals surface area (Å²) in [5.41, 5.74) is 9.94. The highest BCUT2D eigenvalue weighted by Gasteiger charge is 2.34. The number of carbonyl (C=O) groups excluding carboxylic acids is 1. The second-order valence-corrected chi connectivity index (χ2v) is 15.3. The summed E-state index contributed by atoms with van der Waals surface area (Å²) in [6, 6.07) is 20.9. The molecule has 0 bridgehead atoms. The minimum absolute atomic E-state index is 0.0201. The molecule has 0 aliphatic carbocycles. The number of aromatic nitrogens is 1. The Kier molecular flexibility index (Phi) is 11.2. The van der Waals surface area contributed by atoms with Gasteiger partial charge in [-0.1, -0.05) is 60.7 Å². The van der Waals surface area contributed by atoms with Gasteiger partial charge in [0.15, 0.2) is 0 Å². The molecule has 1 aliphatic heterocycles. The maximum absolute atomic E-state index is 13.5. The van der Waals surface area contributed by atoms with E-state index in [9.17, 15) is 27.9 Å². The van der Waals surface area contributed by atoms with Gasteiger partial charge in [-0.2, -0.15) is 0 Å². The van der Waals surface area contributed by atoms with Crippen LogP contribution < -0.4 is 26.1 Å². The zero-order valence-electron chi connectivity index (χ0n) is 29.9. The van der Waals surface area contributed by atoms with Crippen molar-refractivity contribution < 1.29 is 27.9 Å². The van der Waals surface area contributed by atoms with Crippen LogP contribution in [0.2, 0.25) is 0 Å². The number of carboxylic acids is 1. The molecule has 0 radical (unpaired) electrons. The van der Waals surface area contributed by atoms with Crippen molar-refractivity contribution in [3.63, 3.8) is 0 Å². The van der Waals surface area contributed by atoms with Gasteiger partial charge in [0.05, 0.1) is 4.90 Å². The fourth-order valence-electron chi connectivity index (χ4n) is 6.64. The molecular formula is C39H45N5O7S. The van der Waals surface area contributed by atoms with E-state index in [1.54, 1.807) is 19.9 Å². The average molecular weight is 728 g/mol. The number of hydrogen-bond donors (Lipinski definition) is 5. The van der Waals surface area contributed by atoms with Crippen LogP contribution in [0.5, 0.6) is 5.75 Å². The number of carbonyl (C=O) groups is 2. The number of rotatable bonds is 12. The summed E-state index contributed by atoms with van der Waals surface area (Å²) in [6.07, 6.45) is 1.51. The number of benzene rings is 3. The molecule has 12 nitrogen and oxygen atoms in total. The third-order valence-electron chi connectivity index (χ3n) is 9.46. The topological polar surface area (TPSA) is 193 Å². The number of pyridine rings is 1. The van der Waals surface area contributed by atoms with E-state index in [0.717, 1.165) is 28.7 Å². The first-order valence-corrected chi connectivity index (χ1v) is 18.6. The lowest BCUT2D eigenvalue weighted by molar-refractivity contribution is -0.139. The van der Waals surface area contributed by atoms with Gasteiger partial charge in [0.1, 0.15) is 23.0 Å². The van der Waals surface area contributed by atoms with Crippen LogP contribution in [-0.2, 0) is 21.2 Å². The number of H-pyrrole nitrogens is 1. The molecule has 1 aliphatic rings. The van der Waals surface area contributed by atoms with Gasteiger partial charge in [0.25, 0.3) is 21.5 Å². The smallest absolute Gasteiger partial charge is 0.326 e. The Hall–Kier alpha value is -5.43. The van der Waals surface area contributed by atoms with Crippen LogP contribution in [-0.4, -0.2) is 54.5 Å². The Labute approximate surface area is 303 Å². The number of amides is 1. The van der Waals surface area contributed by atoms with Crippen LogP contribution in [0.25, 0.3) is 0 Å². The van der Waals surface area contributed by atoms with Crippen molar-refractivity contribution in [2.75, 3.05) is 6.54 Å². The summed E-state index contributed by atoms with van der Waals surface area (Å²) < 4.78 is 35.6. The second-order valence-electron chi connectivity index (χ2n) is 13.7. The van der Waals surface area contributed by atoms with E-state index in [1.165, 1.54) is 6.07 Å². The number of carboxylic acid groups (broad SMARTS) is 1. The van der Waals surface area contributed by atoms with E-state index in [-0.39, 0.29) is 47.3 Å². The van der Waals surface area contributed by atoms with Crippen molar-refractivity contribution in [2.24, 2.45) is 10.7 Å². The largest absolute Gasteiger partial charge is 0.487 e. The quantitative estimate of drug-likeness (QED) is 0.0777. The van der Waals surface area contributed by atoms with Gasteiger partial charge in [-0.15, -0.1) is 0 Å². The Morgan fingerprint density at radius 1 is 0.962 bits per heavy atom. The first kappa shape index (κ1) is 37.8. The summed E-state index contributed by atoms with van der Waals surface area (Å²) >= 11 is 0. The Morgan fingerprint density at radius 2 is 1.58 bits per heavy atom. The highest BCUT2D eigenvalue weighted by atomic mass is 32.2. The number of nitrogens with one attached hydrogen (secondary N) is 3. The zero-order chi connectivity index (χ0) is 37.8. The summed E-state index contributed by atoms with van der Waals surface area (Å²) in [7, 11) is -4.11. The molecule has 5 rings (SSSR count). The molecule has 1 atom stereocenters. The van der Waals surface area contributed by atoms with Gasteiger partial charge >= 0.3 is 5.97 Å². The first-order valence-electron chi connectivity index (χ1n) is 17.1. The van der Waals surface area contributed by atoms with Crippen molar-refractivity contribution >= 4 is 27.9 Å². The number of aliphatic imine (C=N–C) groups is 1. The molecule has 52 heavy (non-hydrogen) atoms. The van der Waals surface area contributed by atoms with Crippen LogP contribution >= 0.6 is 0 Å². The van der Waals surface area contributed by atoms with Crippen LogP contribution in [0.15, 0.2) is 87.5 Å². The van der Waals surface area contributed by atoms with Gasteiger partial charge in [-0.05, 0) is 106 Å². The molecule has 13 heteroatoms. The lowest BCUT2D eigenvalue weighted by atomic mass is 9.88. The first-order chi connectivity index (χ1) is 24.6. The van der Waals surface area contributed by atoms with Crippen LogP contribution in [0.4, 0.5) is 0 Å². The average Bonchev–Trinajstić information content (AvgIpc) is 3.09. The van der Waals surface area contributed by atoms with Crippen LogP contribution in [0.3, 0.4) is 0 Å². The Bertz CT molecular complexity index is 2130. The predicted molar refractivity (Wildman–Crippen MR) is 200 cm³/mol. The molecule has 2 heterocycles. The lowest BCUT2D eigenvalue weighted by Crippen LogP contribution is -2.42. The second kappa shape index (κ2) is 15.4. The number of guanidine groups is 1. The van der Waals surface area contributed by atoms with Gasteiger partial charge < -0.3 is 25.9 Å². The number of fused-ring (bicyclic) bond motifs is 1. The predicted octanol–water partition coefficient (Wildman–Crippen LogP) is 4.84. The molecule has 0 saturated carbocycles. The minimum Gasteiger partial charge on any atom is -0.487 e. The number of ether oxygens (including phenoxy) is 1. The molecule has 3 aromatic carbocycles. The van der Waals surface area contributed by atoms with Gasteiger partial charge in [0, 0.05) is 18.2 Å². The third kappa shape index (κ3) is 8.37. The van der Waals surface area contributed by atoms with E-state index in [4.69, 9.17) is 10.5 Å². The SMILES string of the molecule is Cc1c(C)c(S(=O)(=O)NC(N)=NCCC[C@H](NC(=O)c2ccc(C(c3ccccc3)c3ccccc3)[nH]c2=O)C(=O)O)c(C)c2c1OC(C)(C)CC2. The van der Waals surface area contributed by atoms with E-state index < -0.39 is 33.5 Å². The van der Waals surface area contributed by atoms with E-state index in [2.05, 4.69) is 20.0 Å². The van der Waals surface area contributed by atoms with E-state index >= 15 is 0 Å². The van der Waals surface area contributed by atoms with Crippen LogP contribution in [0, 0.1) is 20.8 Å². The van der Waals surface area contributed by atoms with Gasteiger partial charge in [-0.25, -0.2) is 17.9 Å². The maximum Gasteiger partial charge on any atom is 0.326 e. The molecule has 0 unspecified atom stereocenters. The molecule has 0 spiro atoms. The number of aliphatic carboxylic acids is 1. The van der Waals surface area contributed by atoms with Crippen molar-refractivity contribution in [1.82, 2.24) is 15.0 Å². The van der Waals surface area contributed by atoms with Gasteiger partial charge in [0.2, 0.25) is 5.96 Å². The van der Waals surface area contributed by atoms with Crippen LogP contribution in [0.1, 0.15) is 88.5 Å². The Balaban J connectivity index is 1.23. The molecule has 1 amide bonds. The monoisotopic (exact) mass is 727 g/mol.